The standard InChI is InChI=1S/C23H38N2O3/c1-21(2,3)25-20(28)15-12-16(26)19-13-6-7-17-22(4,11-9-18(27)24-17)14(13)8-10-23(15,19)5/h13-17,19,26H,6-12H2,1-5H3,(H,24,27)(H,25,28)/t13-,14-,15?,16?,17?,19-,22-,23-/m1/s1. The van der Waals surface area contributed by atoms with Crippen molar-refractivity contribution in [1.82, 2.24) is 10.6 Å². The Morgan fingerprint density at radius 1 is 1.14 bits per heavy atom. The first-order valence-corrected chi connectivity index (χ1v) is 11.3. The summed E-state index contributed by atoms with van der Waals surface area (Å²) in [6.45, 7) is 10.7. The number of rotatable bonds is 1. The quantitative estimate of drug-likeness (QED) is 0.644. The molecule has 4 aliphatic rings. The molecule has 158 valence electrons. The van der Waals surface area contributed by atoms with Crippen LogP contribution in [-0.2, 0) is 9.59 Å². The molecule has 0 radical (unpaired) electrons. The fraction of sp³-hybridized carbons (Fsp3) is 0.913. The Kier molecular flexibility index (Phi) is 4.65. The van der Waals surface area contributed by atoms with E-state index in [0.29, 0.717) is 24.7 Å². The molecule has 3 aliphatic carbocycles. The first-order valence-electron chi connectivity index (χ1n) is 11.3. The lowest BCUT2D eigenvalue weighted by atomic mass is 9.47. The molecule has 0 spiro atoms. The molecule has 28 heavy (non-hydrogen) atoms. The van der Waals surface area contributed by atoms with Gasteiger partial charge in [0.2, 0.25) is 11.8 Å². The molecule has 1 saturated heterocycles. The Labute approximate surface area is 169 Å². The van der Waals surface area contributed by atoms with Crippen molar-refractivity contribution < 1.29 is 14.7 Å². The smallest absolute Gasteiger partial charge is 0.224 e. The SMILES string of the molecule is CC(C)(C)NC(=O)C1CC(O)[C@H]2[C@@H]3CCC4NC(=O)CC[C@]4(C)[C@@H]3CC[C@]12C. The second kappa shape index (κ2) is 6.45. The molecular weight excluding hydrogens is 352 g/mol. The summed E-state index contributed by atoms with van der Waals surface area (Å²) in [7, 11) is 0. The number of hydrogen-bond acceptors (Lipinski definition) is 3. The molecule has 5 heteroatoms. The van der Waals surface area contributed by atoms with Crippen molar-refractivity contribution in [2.45, 2.75) is 97.2 Å². The van der Waals surface area contributed by atoms with Crippen molar-refractivity contribution in [3.05, 3.63) is 0 Å². The zero-order chi connectivity index (χ0) is 20.5. The molecule has 4 fully saturated rings. The lowest BCUT2D eigenvalue weighted by Gasteiger charge is -2.60. The summed E-state index contributed by atoms with van der Waals surface area (Å²) >= 11 is 0. The first kappa shape index (κ1) is 20.2. The van der Waals surface area contributed by atoms with Crippen LogP contribution in [-0.4, -0.2) is 34.6 Å². The number of hydrogen-bond donors (Lipinski definition) is 3. The van der Waals surface area contributed by atoms with E-state index in [1.807, 2.05) is 20.8 Å². The van der Waals surface area contributed by atoms with Gasteiger partial charge in [-0.25, -0.2) is 0 Å². The topological polar surface area (TPSA) is 78.4 Å². The predicted octanol–water partition coefficient (Wildman–Crippen LogP) is 3.01. The maximum atomic E-state index is 13.1. The lowest BCUT2D eigenvalue weighted by Crippen LogP contribution is -2.62. The summed E-state index contributed by atoms with van der Waals surface area (Å²) in [5, 5.41) is 17.5. The fourth-order valence-electron chi connectivity index (χ4n) is 7.63. The van der Waals surface area contributed by atoms with Gasteiger partial charge in [-0.15, -0.1) is 0 Å². The highest BCUT2D eigenvalue weighted by atomic mass is 16.3. The summed E-state index contributed by atoms with van der Waals surface area (Å²) in [4.78, 5) is 25.0. The van der Waals surface area contributed by atoms with E-state index in [0.717, 1.165) is 32.1 Å². The molecule has 1 aliphatic heterocycles. The number of amides is 2. The minimum atomic E-state index is -0.396. The van der Waals surface area contributed by atoms with Gasteiger partial charge in [0, 0.05) is 23.9 Å². The molecule has 0 aromatic rings. The van der Waals surface area contributed by atoms with Gasteiger partial charge in [0.1, 0.15) is 0 Å². The molecule has 0 aromatic heterocycles. The monoisotopic (exact) mass is 390 g/mol. The normalized spacial score (nSPS) is 48.1. The number of piperidine rings is 1. The van der Waals surface area contributed by atoms with Gasteiger partial charge >= 0.3 is 0 Å². The maximum absolute atomic E-state index is 13.1. The van der Waals surface area contributed by atoms with E-state index in [1.165, 1.54) is 0 Å². The number of fused-ring (bicyclic) bond motifs is 5. The molecule has 2 amide bonds. The number of carbonyl (C=O) groups excluding carboxylic acids is 2. The van der Waals surface area contributed by atoms with Crippen molar-refractivity contribution in [2.75, 3.05) is 0 Å². The number of nitrogens with one attached hydrogen (secondary N) is 2. The minimum absolute atomic E-state index is 0.107. The highest BCUT2D eigenvalue weighted by Crippen LogP contribution is 2.65. The zero-order valence-corrected chi connectivity index (χ0v) is 18.2. The van der Waals surface area contributed by atoms with E-state index >= 15 is 0 Å². The first-order chi connectivity index (χ1) is 13.0. The van der Waals surface area contributed by atoms with E-state index < -0.39 is 6.10 Å². The number of carbonyl (C=O) groups is 2. The minimum Gasteiger partial charge on any atom is -0.393 e. The molecule has 3 saturated carbocycles. The van der Waals surface area contributed by atoms with E-state index in [1.54, 1.807) is 0 Å². The van der Waals surface area contributed by atoms with Crippen LogP contribution in [0.25, 0.3) is 0 Å². The van der Waals surface area contributed by atoms with E-state index in [9.17, 15) is 14.7 Å². The molecule has 0 aromatic carbocycles. The van der Waals surface area contributed by atoms with Crippen LogP contribution in [0.4, 0.5) is 0 Å². The van der Waals surface area contributed by atoms with Crippen LogP contribution in [0, 0.1) is 34.5 Å². The summed E-state index contributed by atoms with van der Waals surface area (Å²) in [5.74, 6) is 1.38. The van der Waals surface area contributed by atoms with Crippen molar-refractivity contribution in [1.29, 1.82) is 0 Å². The summed E-state index contributed by atoms with van der Waals surface area (Å²) in [6, 6.07) is 0.276. The van der Waals surface area contributed by atoms with Gasteiger partial charge in [-0.05, 0) is 87.9 Å². The van der Waals surface area contributed by atoms with Gasteiger partial charge in [0.25, 0.3) is 0 Å². The maximum Gasteiger partial charge on any atom is 0.224 e. The van der Waals surface area contributed by atoms with Gasteiger partial charge < -0.3 is 15.7 Å². The Balaban J connectivity index is 1.60. The molecule has 1 heterocycles. The molecule has 8 atom stereocenters. The van der Waals surface area contributed by atoms with E-state index in [2.05, 4.69) is 24.5 Å². The highest BCUT2D eigenvalue weighted by molar-refractivity contribution is 5.81. The Morgan fingerprint density at radius 3 is 2.54 bits per heavy atom. The molecule has 3 unspecified atom stereocenters. The average molecular weight is 391 g/mol. The second-order valence-electron chi connectivity index (χ2n) is 11.6. The van der Waals surface area contributed by atoms with Crippen LogP contribution in [0.3, 0.4) is 0 Å². The van der Waals surface area contributed by atoms with Gasteiger partial charge in [0.15, 0.2) is 0 Å². The molecule has 3 N–H and O–H groups in total. The van der Waals surface area contributed by atoms with E-state index in [4.69, 9.17) is 0 Å². The largest absolute Gasteiger partial charge is 0.393 e. The Morgan fingerprint density at radius 2 is 1.86 bits per heavy atom. The highest BCUT2D eigenvalue weighted by Gasteiger charge is 2.64. The number of aliphatic hydroxyl groups excluding tert-OH is 1. The Bertz CT molecular complexity index is 671. The van der Waals surface area contributed by atoms with Crippen LogP contribution in [0.1, 0.15) is 79.6 Å². The van der Waals surface area contributed by atoms with Crippen LogP contribution in [0.15, 0.2) is 0 Å². The van der Waals surface area contributed by atoms with Gasteiger partial charge in [-0.3, -0.25) is 9.59 Å². The number of aliphatic hydroxyl groups is 1. The third kappa shape index (κ3) is 3.00. The predicted molar refractivity (Wildman–Crippen MR) is 108 cm³/mol. The molecule has 5 nitrogen and oxygen atoms in total. The van der Waals surface area contributed by atoms with Crippen LogP contribution in [0.2, 0.25) is 0 Å². The summed E-state index contributed by atoms with van der Waals surface area (Å²) in [5.41, 5.74) is -0.250. The van der Waals surface area contributed by atoms with E-state index in [-0.39, 0.29) is 46.1 Å². The lowest BCUT2D eigenvalue weighted by molar-refractivity contribution is -0.145. The fourth-order valence-corrected chi connectivity index (χ4v) is 7.63. The molecule has 0 bridgehead atoms. The van der Waals surface area contributed by atoms with Crippen molar-refractivity contribution in [3.63, 3.8) is 0 Å². The van der Waals surface area contributed by atoms with Gasteiger partial charge in [-0.1, -0.05) is 13.8 Å². The van der Waals surface area contributed by atoms with Gasteiger partial charge in [0.05, 0.1) is 6.10 Å². The van der Waals surface area contributed by atoms with Crippen LogP contribution in [0.5, 0.6) is 0 Å². The van der Waals surface area contributed by atoms with Gasteiger partial charge in [-0.2, -0.15) is 0 Å². The second-order valence-corrected chi connectivity index (χ2v) is 11.6. The Hall–Kier alpha value is -1.10. The summed E-state index contributed by atoms with van der Waals surface area (Å²) < 4.78 is 0. The van der Waals surface area contributed by atoms with Crippen molar-refractivity contribution >= 4 is 11.8 Å². The third-order valence-electron chi connectivity index (χ3n) is 8.89. The average Bonchev–Trinajstić information content (AvgIpc) is 2.85. The van der Waals surface area contributed by atoms with Crippen LogP contribution >= 0.6 is 0 Å². The van der Waals surface area contributed by atoms with Crippen molar-refractivity contribution in [3.8, 4) is 0 Å². The van der Waals surface area contributed by atoms with Crippen molar-refractivity contribution in [2.24, 2.45) is 34.5 Å². The van der Waals surface area contributed by atoms with Crippen LogP contribution < -0.4 is 10.6 Å². The molecule has 4 rings (SSSR count). The third-order valence-corrected chi connectivity index (χ3v) is 8.89. The molecular formula is C23H38N2O3. The summed E-state index contributed by atoms with van der Waals surface area (Å²) in [6.07, 6.45) is 5.92. The zero-order valence-electron chi connectivity index (χ0n) is 18.2.